The molecule has 0 bridgehead atoms. The maximum atomic E-state index is 11.8. The van der Waals surface area contributed by atoms with E-state index >= 15 is 0 Å². The van der Waals surface area contributed by atoms with E-state index in [0.29, 0.717) is 16.9 Å². The number of phenols is 1. The van der Waals surface area contributed by atoms with Gasteiger partial charge in [0.15, 0.2) is 0 Å². The lowest BCUT2D eigenvalue weighted by Crippen LogP contribution is -2.44. The molecule has 1 aromatic carbocycles. The van der Waals surface area contributed by atoms with Crippen molar-refractivity contribution in [2.24, 2.45) is 0 Å². The van der Waals surface area contributed by atoms with E-state index in [9.17, 15) is 15.0 Å². The number of benzene rings is 1. The number of ether oxygens (including phenoxy) is 2. The van der Waals surface area contributed by atoms with Crippen LogP contribution in [-0.2, 0) is 10.3 Å². The third-order valence-corrected chi connectivity index (χ3v) is 3.52. The molecule has 18 heavy (non-hydrogen) atoms. The monoisotopic (exact) mass is 252 g/mol. The molecule has 1 aromatic rings. The Morgan fingerprint density at radius 1 is 1.50 bits per heavy atom. The van der Waals surface area contributed by atoms with Crippen molar-refractivity contribution in [2.75, 3.05) is 7.11 Å². The first-order valence-corrected chi connectivity index (χ1v) is 5.65. The van der Waals surface area contributed by atoms with Crippen LogP contribution in [0.4, 0.5) is 0 Å². The predicted octanol–water partition coefficient (Wildman–Crippen LogP) is 1.48. The number of methoxy groups -OCH3 is 1. The molecule has 0 aromatic heterocycles. The third kappa shape index (κ3) is 1.54. The number of aromatic hydroxyl groups is 1. The average Bonchev–Trinajstić information content (AvgIpc) is 2.28. The van der Waals surface area contributed by atoms with E-state index < -0.39 is 17.7 Å². The number of rotatable bonds is 1. The minimum absolute atomic E-state index is 0.0106. The number of hydrogen-bond acceptors (Lipinski definition) is 5. The molecule has 0 spiro atoms. The van der Waals surface area contributed by atoms with Crippen LogP contribution in [0.3, 0.4) is 0 Å². The summed E-state index contributed by atoms with van der Waals surface area (Å²) in [6, 6.07) is 1.35. The molecule has 0 fully saturated rings. The maximum Gasteiger partial charge on any atom is 0.342 e. The first-order valence-electron chi connectivity index (χ1n) is 5.65. The summed E-state index contributed by atoms with van der Waals surface area (Å²) in [5.74, 6) is -0.453. The Hall–Kier alpha value is -1.75. The first kappa shape index (κ1) is 12.7. The van der Waals surface area contributed by atoms with E-state index in [0.717, 1.165) is 0 Å². The molecule has 5 heteroatoms. The number of phenolic OH excluding ortho intramolecular Hbond substituents is 1. The molecule has 98 valence electrons. The molecule has 1 aliphatic rings. The lowest BCUT2D eigenvalue weighted by molar-refractivity contribution is -0.0817. The summed E-state index contributed by atoms with van der Waals surface area (Å²) in [6.07, 6.45) is -0.692. The van der Waals surface area contributed by atoms with Gasteiger partial charge in [0.05, 0.1) is 7.11 Å². The van der Waals surface area contributed by atoms with E-state index in [4.69, 9.17) is 9.47 Å². The molecule has 0 aliphatic carbocycles. The Kier molecular flexibility index (Phi) is 2.74. The van der Waals surface area contributed by atoms with E-state index in [-0.39, 0.29) is 11.3 Å². The van der Waals surface area contributed by atoms with Crippen molar-refractivity contribution in [1.82, 2.24) is 0 Å². The van der Waals surface area contributed by atoms with Gasteiger partial charge in [-0.2, -0.15) is 0 Å². The largest absolute Gasteiger partial charge is 0.507 e. The molecule has 1 heterocycles. The van der Waals surface area contributed by atoms with Crippen LogP contribution in [0.25, 0.3) is 0 Å². The number of carbonyl (C=O) groups is 1. The van der Waals surface area contributed by atoms with E-state index in [1.54, 1.807) is 20.8 Å². The van der Waals surface area contributed by atoms with Crippen molar-refractivity contribution in [3.63, 3.8) is 0 Å². The number of cyclic esters (lactones) is 1. The minimum Gasteiger partial charge on any atom is -0.507 e. The second-order valence-electron chi connectivity index (χ2n) is 4.67. The Bertz CT molecular complexity index is 519. The fourth-order valence-electron chi connectivity index (χ4n) is 2.33. The molecule has 0 saturated carbocycles. The zero-order valence-corrected chi connectivity index (χ0v) is 10.8. The second-order valence-corrected chi connectivity index (χ2v) is 4.67. The quantitative estimate of drug-likeness (QED) is 0.740. The molecule has 0 amide bonds. The van der Waals surface area contributed by atoms with Crippen molar-refractivity contribution >= 4 is 5.97 Å². The highest BCUT2D eigenvalue weighted by molar-refractivity contribution is 5.96. The molecular weight excluding hydrogens is 236 g/mol. The molecule has 0 saturated heterocycles. The third-order valence-electron chi connectivity index (χ3n) is 3.52. The smallest absolute Gasteiger partial charge is 0.342 e. The van der Waals surface area contributed by atoms with Crippen molar-refractivity contribution in [3.05, 3.63) is 22.8 Å². The van der Waals surface area contributed by atoms with Crippen LogP contribution < -0.4 is 4.74 Å². The van der Waals surface area contributed by atoms with Crippen molar-refractivity contribution < 1.29 is 24.5 Å². The summed E-state index contributed by atoms with van der Waals surface area (Å²) in [6.45, 7) is 4.89. The van der Waals surface area contributed by atoms with Gasteiger partial charge < -0.3 is 19.7 Å². The summed E-state index contributed by atoms with van der Waals surface area (Å²) >= 11 is 0. The number of carbonyl (C=O) groups excluding carboxylic acids is 1. The van der Waals surface area contributed by atoms with Crippen LogP contribution in [0.2, 0.25) is 0 Å². The van der Waals surface area contributed by atoms with Crippen molar-refractivity contribution in [2.45, 2.75) is 32.5 Å². The summed E-state index contributed by atoms with van der Waals surface area (Å²) in [5, 5.41) is 20.4. The van der Waals surface area contributed by atoms with Crippen molar-refractivity contribution in [3.8, 4) is 11.5 Å². The first-order chi connectivity index (χ1) is 8.30. The minimum atomic E-state index is -1.36. The van der Waals surface area contributed by atoms with Gasteiger partial charge in [0.25, 0.3) is 0 Å². The van der Waals surface area contributed by atoms with Crippen LogP contribution in [-0.4, -0.2) is 29.4 Å². The van der Waals surface area contributed by atoms with Gasteiger partial charge in [-0.15, -0.1) is 0 Å². The highest BCUT2D eigenvalue weighted by Gasteiger charge is 2.44. The van der Waals surface area contributed by atoms with Gasteiger partial charge in [-0.05, 0) is 26.3 Å². The topological polar surface area (TPSA) is 76.0 Å². The second kappa shape index (κ2) is 3.88. The van der Waals surface area contributed by atoms with Gasteiger partial charge in [-0.1, -0.05) is 0 Å². The fourth-order valence-corrected chi connectivity index (χ4v) is 2.33. The maximum absolute atomic E-state index is 11.8. The van der Waals surface area contributed by atoms with E-state index in [1.165, 1.54) is 13.2 Å². The van der Waals surface area contributed by atoms with Crippen molar-refractivity contribution in [1.29, 1.82) is 0 Å². The standard InChI is InChI=1S/C13H16O5/c1-6-9(17-4)5-8(14)10-11(6)13(3,16)7(2)18-12(10)15/h5,7,14,16H,1-4H3. The summed E-state index contributed by atoms with van der Waals surface area (Å²) < 4.78 is 10.2. The van der Waals surface area contributed by atoms with Crippen LogP contribution in [0, 0.1) is 6.92 Å². The molecule has 2 atom stereocenters. The van der Waals surface area contributed by atoms with Gasteiger partial charge in [0, 0.05) is 11.6 Å². The lowest BCUT2D eigenvalue weighted by Gasteiger charge is -2.37. The fraction of sp³-hybridized carbons (Fsp3) is 0.462. The average molecular weight is 252 g/mol. The van der Waals surface area contributed by atoms with Crippen LogP contribution >= 0.6 is 0 Å². The van der Waals surface area contributed by atoms with Gasteiger partial charge in [-0.3, -0.25) is 0 Å². The van der Waals surface area contributed by atoms with Crippen LogP contribution in [0.5, 0.6) is 11.5 Å². The number of hydrogen-bond donors (Lipinski definition) is 2. The molecule has 2 unspecified atom stereocenters. The zero-order valence-electron chi connectivity index (χ0n) is 10.8. The molecule has 5 nitrogen and oxygen atoms in total. The predicted molar refractivity (Wildman–Crippen MR) is 63.8 cm³/mol. The van der Waals surface area contributed by atoms with Crippen LogP contribution in [0.15, 0.2) is 6.07 Å². The number of aliphatic hydroxyl groups is 1. The zero-order chi connectivity index (χ0) is 13.7. The Labute approximate surface area is 105 Å². The van der Waals surface area contributed by atoms with E-state index in [1.807, 2.05) is 0 Å². The normalized spacial score (nSPS) is 26.5. The molecular formula is C13H16O5. The van der Waals surface area contributed by atoms with Gasteiger partial charge >= 0.3 is 5.97 Å². The van der Waals surface area contributed by atoms with Gasteiger partial charge in [-0.25, -0.2) is 4.79 Å². The Morgan fingerprint density at radius 2 is 2.11 bits per heavy atom. The van der Waals surface area contributed by atoms with Gasteiger partial charge in [0.2, 0.25) is 0 Å². The summed E-state index contributed by atoms with van der Waals surface area (Å²) in [5.41, 5.74) is -0.363. The summed E-state index contributed by atoms with van der Waals surface area (Å²) in [7, 11) is 1.47. The van der Waals surface area contributed by atoms with Gasteiger partial charge in [0.1, 0.15) is 28.8 Å². The Balaban J connectivity index is 2.83. The highest BCUT2D eigenvalue weighted by atomic mass is 16.6. The number of fused-ring (bicyclic) bond motifs is 1. The molecule has 2 N–H and O–H groups in total. The lowest BCUT2D eigenvalue weighted by atomic mass is 9.81. The molecule has 1 aliphatic heterocycles. The molecule has 0 radical (unpaired) electrons. The summed E-state index contributed by atoms with van der Waals surface area (Å²) in [4.78, 5) is 11.8. The highest BCUT2D eigenvalue weighted by Crippen LogP contribution is 2.43. The SMILES string of the molecule is COc1cc(O)c2c(c1C)C(C)(O)C(C)OC2=O. The number of esters is 1. The van der Waals surface area contributed by atoms with E-state index in [2.05, 4.69) is 0 Å². The molecule has 2 rings (SSSR count). The Morgan fingerprint density at radius 3 is 2.67 bits per heavy atom. The van der Waals surface area contributed by atoms with Crippen LogP contribution in [0.1, 0.15) is 35.3 Å².